The van der Waals surface area contributed by atoms with Gasteiger partial charge in [-0.2, -0.15) is 5.26 Å². The number of rotatable bonds is 3. The summed E-state index contributed by atoms with van der Waals surface area (Å²) in [5.74, 6) is 0.564. The smallest absolute Gasteiger partial charge is 0.246 e. The van der Waals surface area contributed by atoms with Gasteiger partial charge in [0.05, 0.1) is 11.6 Å². The van der Waals surface area contributed by atoms with Crippen LogP contribution in [0.25, 0.3) is 11.6 Å². The van der Waals surface area contributed by atoms with Crippen LogP contribution in [0.1, 0.15) is 35.1 Å². The SMILES string of the molecule is N#Cc1ccc(C2=CCN(C(=O)C=Cc3cnc4c(c3)CCC(=O)N4)CC2)cc1. The molecule has 0 spiro atoms. The highest BCUT2D eigenvalue weighted by Gasteiger charge is 2.17. The molecule has 29 heavy (non-hydrogen) atoms. The van der Waals surface area contributed by atoms with Crippen LogP contribution in [0.2, 0.25) is 0 Å². The molecule has 6 heteroatoms. The number of aromatic nitrogens is 1. The highest BCUT2D eigenvalue weighted by Crippen LogP contribution is 2.24. The van der Waals surface area contributed by atoms with Crippen molar-refractivity contribution in [3.63, 3.8) is 0 Å². The van der Waals surface area contributed by atoms with Crippen LogP contribution in [-0.2, 0) is 16.0 Å². The number of hydrogen-bond donors (Lipinski definition) is 1. The summed E-state index contributed by atoms with van der Waals surface area (Å²) in [4.78, 5) is 30.0. The Bertz CT molecular complexity index is 1060. The van der Waals surface area contributed by atoms with Crippen LogP contribution < -0.4 is 5.32 Å². The number of benzene rings is 1. The van der Waals surface area contributed by atoms with Gasteiger partial charge in [-0.15, -0.1) is 0 Å². The van der Waals surface area contributed by atoms with Crippen molar-refractivity contribution in [1.29, 1.82) is 5.26 Å². The number of carbonyl (C=O) groups excluding carboxylic acids is 2. The number of pyridine rings is 1. The van der Waals surface area contributed by atoms with Gasteiger partial charge in [0.1, 0.15) is 5.82 Å². The topological polar surface area (TPSA) is 86.1 Å². The largest absolute Gasteiger partial charge is 0.335 e. The molecule has 6 nitrogen and oxygen atoms in total. The van der Waals surface area contributed by atoms with Gasteiger partial charge in [0, 0.05) is 31.8 Å². The highest BCUT2D eigenvalue weighted by atomic mass is 16.2. The summed E-state index contributed by atoms with van der Waals surface area (Å²) in [6, 6.07) is 11.6. The van der Waals surface area contributed by atoms with Gasteiger partial charge in [-0.3, -0.25) is 9.59 Å². The molecule has 144 valence electrons. The maximum absolute atomic E-state index is 12.5. The lowest BCUT2D eigenvalue weighted by atomic mass is 9.98. The number of nitrogens with one attached hydrogen (secondary N) is 1. The quantitative estimate of drug-likeness (QED) is 0.824. The zero-order valence-electron chi connectivity index (χ0n) is 15.9. The maximum Gasteiger partial charge on any atom is 0.246 e. The number of fused-ring (bicyclic) bond motifs is 1. The predicted molar refractivity (Wildman–Crippen MR) is 111 cm³/mol. The number of hydrogen-bond acceptors (Lipinski definition) is 4. The summed E-state index contributed by atoms with van der Waals surface area (Å²) in [7, 11) is 0. The minimum atomic E-state index is -0.0360. The first-order valence-corrected chi connectivity index (χ1v) is 9.58. The normalized spacial score (nSPS) is 16.0. The van der Waals surface area contributed by atoms with E-state index < -0.39 is 0 Å². The number of anilines is 1. The highest BCUT2D eigenvalue weighted by molar-refractivity contribution is 5.94. The Kier molecular flexibility index (Phi) is 5.21. The van der Waals surface area contributed by atoms with E-state index >= 15 is 0 Å². The van der Waals surface area contributed by atoms with Crippen LogP contribution in [0.4, 0.5) is 5.82 Å². The summed E-state index contributed by atoms with van der Waals surface area (Å²) >= 11 is 0. The van der Waals surface area contributed by atoms with E-state index in [1.165, 1.54) is 5.57 Å². The molecule has 0 saturated heterocycles. The molecule has 0 bridgehead atoms. The second kappa shape index (κ2) is 8.11. The molecular formula is C23H20N4O2. The molecule has 4 rings (SSSR count). The van der Waals surface area contributed by atoms with Crippen molar-refractivity contribution in [3.05, 3.63) is 70.9 Å². The lowest BCUT2D eigenvalue weighted by Gasteiger charge is -2.25. The molecule has 0 unspecified atom stereocenters. The maximum atomic E-state index is 12.5. The Morgan fingerprint density at radius 1 is 1.21 bits per heavy atom. The van der Waals surface area contributed by atoms with Gasteiger partial charge in [0.2, 0.25) is 11.8 Å². The number of aryl methyl sites for hydroxylation is 1. The Balaban J connectivity index is 1.39. The van der Waals surface area contributed by atoms with Crippen LogP contribution in [-0.4, -0.2) is 34.8 Å². The first kappa shape index (κ1) is 18.6. The average molecular weight is 384 g/mol. The van der Waals surface area contributed by atoms with Crippen molar-refractivity contribution >= 4 is 29.3 Å². The summed E-state index contributed by atoms with van der Waals surface area (Å²) in [6.07, 6.45) is 8.98. The molecule has 0 aliphatic carbocycles. The van der Waals surface area contributed by atoms with Gasteiger partial charge < -0.3 is 10.2 Å². The molecular weight excluding hydrogens is 364 g/mol. The second-order valence-corrected chi connectivity index (χ2v) is 7.11. The second-order valence-electron chi connectivity index (χ2n) is 7.11. The monoisotopic (exact) mass is 384 g/mol. The molecule has 1 N–H and O–H groups in total. The third-order valence-corrected chi connectivity index (χ3v) is 5.19. The molecule has 0 atom stereocenters. The number of carbonyl (C=O) groups is 2. The standard InChI is InChI=1S/C23H20N4O2/c24-14-16-1-4-18(5-2-16)19-9-11-27(12-10-19)22(29)8-3-17-13-20-6-7-21(28)26-23(20)25-15-17/h1-5,8-9,13,15H,6-7,10-12H2,(H,25,26,28). The molecule has 2 aromatic rings. The number of nitriles is 1. The van der Waals surface area contributed by atoms with Crippen molar-refractivity contribution < 1.29 is 9.59 Å². The van der Waals surface area contributed by atoms with Crippen LogP contribution in [0.3, 0.4) is 0 Å². The summed E-state index contributed by atoms with van der Waals surface area (Å²) < 4.78 is 0. The lowest BCUT2D eigenvalue weighted by Crippen LogP contribution is -2.33. The molecule has 1 aromatic carbocycles. The van der Waals surface area contributed by atoms with Crippen molar-refractivity contribution in [2.24, 2.45) is 0 Å². The van der Waals surface area contributed by atoms with Gasteiger partial charge in [-0.1, -0.05) is 18.2 Å². The molecule has 2 aliphatic rings. The van der Waals surface area contributed by atoms with E-state index in [0.29, 0.717) is 37.3 Å². The van der Waals surface area contributed by atoms with E-state index in [9.17, 15) is 9.59 Å². The minimum absolute atomic E-state index is 0.0120. The molecule has 1 aromatic heterocycles. The molecule has 0 radical (unpaired) electrons. The molecule has 0 saturated carbocycles. The van der Waals surface area contributed by atoms with E-state index in [4.69, 9.17) is 5.26 Å². The summed E-state index contributed by atoms with van der Waals surface area (Å²) in [5.41, 5.74) is 4.78. The summed E-state index contributed by atoms with van der Waals surface area (Å²) in [5, 5.41) is 11.7. The Morgan fingerprint density at radius 2 is 2.03 bits per heavy atom. The predicted octanol–water partition coefficient (Wildman–Crippen LogP) is 3.17. The number of amides is 2. The van der Waals surface area contributed by atoms with Gasteiger partial charge >= 0.3 is 0 Å². The van der Waals surface area contributed by atoms with Crippen molar-refractivity contribution in [3.8, 4) is 6.07 Å². The van der Waals surface area contributed by atoms with E-state index in [1.54, 1.807) is 23.2 Å². The van der Waals surface area contributed by atoms with Crippen LogP contribution >= 0.6 is 0 Å². The van der Waals surface area contributed by atoms with Gasteiger partial charge in [-0.05, 0) is 59.4 Å². The minimum Gasteiger partial charge on any atom is -0.335 e. The zero-order valence-corrected chi connectivity index (χ0v) is 15.9. The fraction of sp³-hybridized carbons (Fsp3) is 0.217. The molecule has 3 heterocycles. The van der Waals surface area contributed by atoms with Crippen LogP contribution in [0, 0.1) is 11.3 Å². The van der Waals surface area contributed by atoms with E-state index in [2.05, 4.69) is 22.4 Å². The lowest BCUT2D eigenvalue weighted by molar-refractivity contribution is -0.125. The first-order valence-electron chi connectivity index (χ1n) is 9.58. The Labute approximate surface area is 169 Å². The first-order chi connectivity index (χ1) is 14.1. The van der Waals surface area contributed by atoms with Crippen molar-refractivity contribution in [2.75, 3.05) is 18.4 Å². The van der Waals surface area contributed by atoms with Crippen molar-refractivity contribution in [2.45, 2.75) is 19.3 Å². The fourth-order valence-electron chi connectivity index (χ4n) is 3.53. The van der Waals surface area contributed by atoms with E-state index in [1.807, 2.05) is 30.3 Å². The van der Waals surface area contributed by atoms with Gasteiger partial charge in [0.25, 0.3) is 0 Å². The molecule has 2 amide bonds. The van der Waals surface area contributed by atoms with E-state index in [0.717, 1.165) is 23.1 Å². The van der Waals surface area contributed by atoms with Crippen LogP contribution in [0.15, 0.2) is 48.7 Å². The summed E-state index contributed by atoms with van der Waals surface area (Å²) in [6.45, 7) is 1.22. The van der Waals surface area contributed by atoms with Gasteiger partial charge in [-0.25, -0.2) is 4.98 Å². The fourth-order valence-corrected chi connectivity index (χ4v) is 3.53. The Hall–Kier alpha value is -3.72. The Morgan fingerprint density at radius 3 is 2.76 bits per heavy atom. The average Bonchev–Trinajstić information content (AvgIpc) is 2.77. The number of nitrogens with zero attached hydrogens (tertiary/aromatic N) is 3. The van der Waals surface area contributed by atoms with Gasteiger partial charge in [0.15, 0.2) is 0 Å². The molecule has 2 aliphatic heterocycles. The third-order valence-electron chi connectivity index (χ3n) is 5.19. The molecule has 0 fully saturated rings. The van der Waals surface area contributed by atoms with Crippen LogP contribution in [0.5, 0.6) is 0 Å². The zero-order chi connectivity index (χ0) is 20.2. The van der Waals surface area contributed by atoms with E-state index in [-0.39, 0.29) is 11.8 Å². The third kappa shape index (κ3) is 4.25. The van der Waals surface area contributed by atoms with Crippen molar-refractivity contribution in [1.82, 2.24) is 9.88 Å².